The van der Waals surface area contributed by atoms with E-state index in [1.807, 2.05) is 49.6 Å². The molecule has 0 aliphatic heterocycles. The summed E-state index contributed by atoms with van der Waals surface area (Å²) in [5, 5.41) is 26.0. The number of carbonyl (C=O) groups is 2. The molecule has 1 saturated carbocycles. The van der Waals surface area contributed by atoms with Gasteiger partial charge in [-0.2, -0.15) is 13.2 Å². The number of rotatable bonds is 11. The molecule has 1 aromatic heterocycles. The van der Waals surface area contributed by atoms with Crippen LogP contribution in [0.15, 0.2) is 89.8 Å². The monoisotopic (exact) mass is 803 g/mol. The minimum Gasteiger partial charge on any atom is -0.493 e. The number of methoxy groups -OCH3 is 2. The van der Waals surface area contributed by atoms with Crippen molar-refractivity contribution in [3.05, 3.63) is 128 Å². The first kappa shape index (κ1) is 42.2. The third-order valence-corrected chi connectivity index (χ3v) is 13.1. The number of hydrogen-bond donors (Lipinski definition) is 2. The van der Waals surface area contributed by atoms with Gasteiger partial charge in [0.25, 0.3) is 0 Å². The highest BCUT2D eigenvalue weighted by Crippen LogP contribution is 2.59. The second kappa shape index (κ2) is 17.6. The first-order valence-corrected chi connectivity index (χ1v) is 20.4. The topological polar surface area (TPSA) is 96.3 Å². The molecule has 304 valence electrons. The minimum absolute atomic E-state index is 0.0569. The fraction of sp³-hybridized carbons (Fsp3) is 0.435. The minimum atomic E-state index is -4.63. The molecule has 0 unspecified atom stereocenters. The number of benzene rings is 3. The van der Waals surface area contributed by atoms with Crippen molar-refractivity contribution in [3.8, 4) is 11.5 Å². The Labute approximate surface area is 337 Å². The lowest BCUT2D eigenvalue weighted by Crippen LogP contribution is -2.54. The number of nitrogens with zero attached hydrogens (tertiary/aromatic N) is 1. The highest BCUT2D eigenvalue weighted by Gasteiger charge is 2.57. The van der Waals surface area contributed by atoms with Crippen molar-refractivity contribution in [1.82, 2.24) is 4.90 Å². The Kier molecular flexibility index (Phi) is 13.0. The SMILES string of the molecule is COc1ccc(CC(=O)N(CCc2cccs2)C[C@]2(O)CC[C@H]3c4ccc(cc4C(=O)c4cccc(C(F)(F)F)c4)C[C@@H](O)CCC(C)=CCC[C@@]32C)cc1OC. The Bertz CT molecular complexity index is 2080. The largest absolute Gasteiger partial charge is 0.493 e. The van der Waals surface area contributed by atoms with Gasteiger partial charge in [0.15, 0.2) is 17.3 Å². The number of fused-ring (bicyclic) bond motifs is 8. The van der Waals surface area contributed by atoms with Crippen molar-refractivity contribution in [3.63, 3.8) is 0 Å². The van der Waals surface area contributed by atoms with E-state index >= 15 is 0 Å². The quantitative estimate of drug-likeness (QED) is 0.116. The van der Waals surface area contributed by atoms with E-state index in [1.54, 1.807) is 48.7 Å². The Morgan fingerprint density at radius 2 is 1.75 bits per heavy atom. The number of hydrogen-bond acceptors (Lipinski definition) is 7. The van der Waals surface area contributed by atoms with E-state index < -0.39 is 34.6 Å². The summed E-state index contributed by atoms with van der Waals surface area (Å²) in [6, 6.07) is 19.3. The lowest BCUT2D eigenvalue weighted by atomic mass is 9.64. The van der Waals surface area contributed by atoms with Crippen molar-refractivity contribution < 1.29 is 42.4 Å². The average Bonchev–Trinajstić information content (AvgIpc) is 3.80. The highest BCUT2D eigenvalue weighted by atomic mass is 32.1. The predicted octanol–water partition coefficient (Wildman–Crippen LogP) is 9.37. The maximum Gasteiger partial charge on any atom is 0.416 e. The smallest absolute Gasteiger partial charge is 0.416 e. The highest BCUT2D eigenvalue weighted by molar-refractivity contribution is 7.09. The van der Waals surface area contributed by atoms with Crippen LogP contribution < -0.4 is 9.47 Å². The normalized spacial score (nSPS) is 22.6. The van der Waals surface area contributed by atoms with Crippen LogP contribution >= 0.6 is 11.3 Å². The van der Waals surface area contributed by atoms with Gasteiger partial charge in [-0.1, -0.05) is 55.0 Å². The van der Waals surface area contributed by atoms with E-state index in [0.717, 1.165) is 28.1 Å². The van der Waals surface area contributed by atoms with Crippen molar-refractivity contribution in [2.45, 2.75) is 95.4 Å². The molecule has 2 N–H and O–H groups in total. The lowest BCUT2D eigenvalue weighted by Gasteiger charge is -2.46. The molecule has 0 saturated heterocycles. The molecule has 2 bridgehead atoms. The number of aliphatic hydroxyl groups is 2. The Morgan fingerprint density at radius 3 is 2.47 bits per heavy atom. The molecular formula is C46H52F3NO6S. The first-order valence-electron chi connectivity index (χ1n) is 19.6. The summed E-state index contributed by atoms with van der Waals surface area (Å²) in [5.41, 5.74) is 0.247. The van der Waals surface area contributed by atoms with E-state index in [-0.39, 0.29) is 42.3 Å². The van der Waals surface area contributed by atoms with E-state index in [1.165, 1.54) is 12.1 Å². The van der Waals surface area contributed by atoms with Crippen LogP contribution in [0, 0.1) is 5.41 Å². The molecule has 1 heterocycles. The van der Waals surface area contributed by atoms with Crippen LogP contribution in [0.5, 0.6) is 11.5 Å². The number of amides is 1. The summed E-state index contributed by atoms with van der Waals surface area (Å²) in [5.74, 6) is -0.00887. The molecule has 4 atom stereocenters. The fourth-order valence-electron chi connectivity index (χ4n) is 8.77. The number of aliphatic hydroxyl groups excluding tert-OH is 1. The van der Waals surface area contributed by atoms with Crippen LogP contribution in [-0.4, -0.2) is 65.8 Å². The summed E-state index contributed by atoms with van der Waals surface area (Å²) < 4.78 is 52.4. The maximum absolute atomic E-state index is 14.4. The molecule has 3 aliphatic rings. The number of ketones is 1. The van der Waals surface area contributed by atoms with Gasteiger partial charge in [0, 0.05) is 34.5 Å². The zero-order chi connectivity index (χ0) is 41.0. The zero-order valence-electron chi connectivity index (χ0n) is 33.0. The maximum atomic E-state index is 14.4. The van der Waals surface area contributed by atoms with Gasteiger partial charge >= 0.3 is 6.18 Å². The molecule has 3 aromatic carbocycles. The van der Waals surface area contributed by atoms with Crippen LogP contribution in [0.1, 0.15) is 101 Å². The number of allylic oxidation sites excluding steroid dienone is 2. The van der Waals surface area contributed by atoms with Gasteiger partial charge in [-0.15, -0.1) is 11.3 Å². The number of alkyl halides is 3. The van der Waals surface area contributed by atoms with Crippen LogP contribution in [0.3, 0.4) is 0 Å². The fourth-order valence-corrected chi connectivity index (χ4v) is 9.47. The van der Waals surface area contributed by atoms with Crippen molar-refractivity contribution in [2.75, 3.05) is 27.3 Å². The molecule has 1 amide bonds. The third-order valence-electron chi connectivity index (χ3n) is 12.2. The van der Waals surface area contributed by atoms with Gasteiger partial charge in [0.1, 0.15) is 0 Å². The summed E-state index contributed by atoms with van der Waals surface area (Å²) in [6.07, 6.45) is 0.952. The Balaban J connectivity index is 1.40. The second-order valence-corrected chi connectivity index (χ2v) is 16.9. The second-order valence-electron chi connectivity index (χ2n) is 15.9. The van der Waals surface area contributed by atoms with Gasteiger partial charge in [0.05, 0.1) is 37.9 Å². The van der Waals surface area contributed by atoms with E-state index in [0.29, 0.717) is 74.1 Å². The molecule has 4 aromatic rings. The summed E-state index contributed by atoms with van der Waals surface area (Å²) in [4.78, 5) is 31.6. The first-order chi connectivity index (χ1) is 27.1. The summed E-state index contributed by atoms with van der Waals surface area (Å²) in [6.45, 7) is 4.51. The molecule has 11 heteroatoms. The molecule has 7 nitrogen and oxygen atoms in total. The molecular weight excluding hydrogens is 752 g/mol. The average molecular weight is 804 g/mol. The molecule has 1 fully saturated rings. The molecule has 0 radical (unpaired) electrons. The van der Waals surface area contributed by atoms with Crippen LogP contribution in [0.25, 0.3) is 0 Å². The van der Waals surface area contributed by atoms with Gasteiger partial charge < -0.3 is 24.6 Å². The van der Waals surface area contributed by atoms with Gasteiger partial charge in [0.2, 0.25) is 5.91 Å². The van der Waals surface area contributed by atoms with Crippen LogP contribution in [0.2, 0.25) is 0 Å². The number of ether oxygens (including phenoxy) is 2. The van der Waals surface area contributed by atoms with Crippen LogP contribution in [-0.2, 0) is 30.2 Å². The van der Waals surface area contributed by atoms with E-state index in [2.05, 4.69) is 6.08 Å². The van der Waals surface area contributed by atoms with E-state index in [9.17, 15) is 33.0 Å². The number of halogens is 3. The molecule has 57 heavy (non-hydrogen) atoms. The molecule has 3 aliphatic carbocycles. The van der Waals surface area contributed by atoms with Gasteiger partial charge in [-0.3, -0.25) is 9.59 Å². The Hall–Kier alpha value is -4.45. The van der Waals surface area contributed by atoms with Gasteiger partial charge in [-0.25, -0.2) is 0 Å². The Morgan fingerprint density at radius 1 is 0.965 bits per heavy atom. The third kappa shape index (κ3) is 9.48. The molecule has 7 rings (SSSR count). The summed E-state index contributed by atoms with van der Waals surface area (Å²) >= 11 is 1.61. The number of thiophene rings is 1. The molecule has 0 spiro atoms. The van der Waals surface area contributed by atoms with Crippen LogP contribution in [0.4, 0.5) is 13.2 Å². The zero-order valence-corrected chi connectivity index (χ0v) is 33.8. The predicted molar refractivity (Wildman–Crippen MR) is 216 cm³/mol. The van der Waals surface area contributed by atoms with Gasteiger partial charge in [-0.05, 0) is 123 Å². The lowest BCUT2D eigenvalue weighted by molar-refractivity contribution is -0.139. The van der Waals surface area contributed by atoms with Crippen molar-refractivity contribution >= 4 is 23.0 Å². The van der Waals surface area contributed by atoms with Crippen molar-refractivity contribution in [1.29, 1.82) is 0 Å². The summed E-state index contributed by atoms with van der Waals surface area (Å²) in [7, 11) is 3.10. The number of carbonyl (C=O) groups excluding carboxylic acids is 2. The standard InChI is InChI=1S/C46H52F3NO6S/c1-30-8-6-20-44(2)39(37-16-13-31(24-35(51)15-12-30)25-38(37)43(53)33-9-5-10-34(28-33)46(47,48)49)18-21-45(44,54)29-50(22-19-36-11-7-23-57-36)42(52)27-32-14-17-40(55-3)41(26-32)56-4/h5,7-11,13-14,16-17,23,25-26,28,35,39,51,54H,6,12,15,18-22,24,27,29H2,1-4H3/t35-,39-,44-,45+/m0/s1. The van der Waals surface area contributed by atoms with Crippen molar-refractivity contribution in [2.24, 2.45) is 5.41 Å². The van der Waals surface area contributed by atoms with E-state index in [4.69, 9.17) is 9.47 Å².